The number of benzene rings is 2. The van der Waals surface area contributed by atoms with Crippen molar-refractivity contribution in [2.75, 3.05) is 11.8 Å². The van der Waals surface area contributed by atoms with Crippen molar-refractivity contribution in [1.82, 2.24) is 9.78 Å². The van der Waals surface area contributed by atoms with Crippen LogP contribution >= 0.6 is 0 Å². The highest BCUT2D eigenvalue weighted by molar-refractivity contribution is 7.92. The molecule has 0 atom stereocenters. The van der Waals surface area contributed by atoms with Crippen LogP contribution in [0.15, 0.2) is 65.8 Å². The highest BCUT2D eigenvalue weighted by Crippen LogP contribution is 2.23. The summed E-state index contributed by atoms with van der Waals surface area (Å²) in [5.74, 6) is 0.624. The number of hydrogen-bond acceptors (Lipinski definition) is 4. The number of hydrogen-bond donors (Lipinski definition) is 1. The first kappa shape index (κ1) is 17.0. The Bertz CT molecular complexity index is 950. The summed E-state index contributed by atoms with van der Waals surface area (Å²) < 4.78 is 34.7. The molecule has 3 rings (SSSR count). The molecular weight excluding hydrogens is 338 g/mol. The zero-order valence-electron chi connectivity index (χ0n) is 14.0. The molecule has 2 aromatic carbocycles. The highest BCUT2D eigenvalue weighted by Gasteiger charge is 2.17. The second-order valence-electron chi connectivity index (χ2n) is 5.64. The summed E-state index contributed by atoms with van der Waals surface area (Å²) in [5, 5.41) is 4.15. The average molecular weight is 357 g/mol. The van der Waals surface area contributed by atoms with E-state index >= 15 is 0 Å². The zero-order valence-corrected chi connectivity index (χ0v) is 14.8. The van der Waals surface area contributed by atoms with Gasteiger partial charge in [-0.05, 0) is 54.4 Å². The van der Waals surface area contributed by atoms with Gasteiger partial charge in [0.1, 0.15) is 5.75 Å². The molecule has 1 aromatic heterocycles. The van der Waals surface area contributed by atoms with E-state index in [1.165, 1.54) is 0 Å². The van der Waals surface area contributed by atoms with Gasteiger partial charge in [-0.1, -0.05) is 12.1 Å². The van der Waals surface area contributed by atoms with Gasteiger partial charge in [-0.3, -0.25) is 9.40 Å². The minimum Gasteiger partial charge on any atom is -0.497 e. The molecule has 0 unspecified atom stereocenters. The number of sulfonamides is 1. The van der Waals surface area contributed by atoms with Crippen LogP contribution in [0.3, 0.4) is 0 Å². The number of anilines is 1. The summed E-state index contributed by atoms with van der Waals surface area (Å²) >= 11 is 0. The first-order valence-corrected chi connectivity index (χ1v) is 9.20. The van der Waals surface area contributed by atoms with E-state index in [1.807, 2.05) is 24.4 Å². The molecule has 25 heavy (non-hydrogen) atoms. The molecule has 0 fully saturated rings. The van der Waals surface area contributed by atoms with Gasteiger partial charge >= 0.3 is 0 Å². The number of methoxy groups -OCH3 is 1. The van der Waals surface area contributed by atoms with Crippen molar-refractivity contribution in [3.05, 3.63) is 72.1 Å². The van der Waals surface area contributed by atoms with E-state index in [2.05, 4.69) is 9.82 Å². The molecule has 0 spiro atoms. The predicted octanol–water partition coefficient (Wildman–Crippen LogP) is 3.05. The molecule has 0 aliphatic carbocycles. The van der Waals surface area contributed by atoms with Gasteiger partial charge in [0.25, 0.3) is 10.0 Å². The maximum Gasteiger partial charge on any atom is 0.262 e. The summed E-state index contributed by atoms with van der Waals surface area (Å²) in [4.78, 5) is 0.230. The Morgan fingerprint density at radius 1 is 1.16 bits per heavy atom. The molecule has 0 amide bonds. The van der Waals surface area contributed by atoms with Crippen LogP contribution in [-0.4, -0.2) is 25.3 Å². The van der Waals surface area contributed by atoms with E-state index in [0.29, 0.717) is 23.5 Å². The fourth-order valence-corrected chi connectivity index (χ4v) is 3.81. The van der Waals surface area contributed by atoms with Gasteiger partial charge in [-0.15, -0.1) is 0 Å². The molecule has 0 radical (unpaired) electrons. The van der Waals surface area contributed by atoms with Crippen molar-refractivity contribution in [1.29, 1.82) is 0 Å². The van der Waals surface area contributed by atoms with Crippen LogP contribution in [0.2, 0.25) is 0 Å². The molecule has 7 heteroatoms. The van der Waals surface area contributed by atoms with Gasteiger partial charge in [0, 0.05) is 18.1 Å². The molecule has 0 saturated carbocycles. The maximum atomic E-state index is 12.6. The molecule has 0 aliphatic heterocycles. The number of aryl methyl sites for hydroxylation is 1. The second kappa shape index (κ2) is 6.98. The van der Waals surface area contributed by atoms with Gasteiger partial charge in [0.15, 0.2) is 0 Å². The standard InChI is InChI=1S/C18H19N3O3S/c1-14-12-17(24-2)8-9-18(14)25(22,23)20-16-6-4-15(5-7-16)13-21-11-3-10-19-21/h3-12,20H,13H2,1-2H3. The first-order valence-electron chi connectivity index (χ1n) is 7.72. The summed E-state index contributed by atoms with van der Waals surface area (Å²) in [6.07, 6.45) is 3.60. The van der Waals surface area contributed by atoms with Gasteiger partial charge in [-0.25, -0.2) is 8.42 Å². The molecule has 1 N–H and O–H groups in total. The van der Waals surface area contributed by atoms with Crippen LogP contribution in [0.1, 0.15) is 11.1 Å². The van der Waals surface area contributed by atoms with Gasteiger partial charge in [-0.2, -0.15) is 5.10 Å². The second-order valence-corrected chi connectivity index (χ2v) is 7.29. The number of ether oxygens (including phenoxy) is 1. The van der Waals surface area contributed by atoms with E-state index in [1.54, 1.807) is 55.2 Å². The average Bonchev–Trinajstić information content (AvgIpc) is 3.09. The van der Waals surface area contributed by atoms with Gasteiger partial charge in [0.05, 0.1) is 18.6 Å². The van der Waals surface area contributed by atoms with Crippen LogP contribution in [0, 0.1) is 6.92 Å². The van der Waals surface area contributed by atoms with E-state index in [4.69, 9.17) is 4.74 Å². The number of aromatic nitrogens is 2. The van der Waals surface area contributed by atoms with Crippen molar-refractivity contribution in [2.24, 2.45) is 0 Å². The monoisotopic (exact) mass is 357 g/mol. The number of rotatable bonds is 6. The van der Waals surface area contributed by atoms with Crippen molar-refractivity contribution >= 4 is 15.7 Å². The van der Waals surface area contributed by atoms with Crippen LogP contribution in [0.25, 0.3) is 0 Å². The third-order valence-electron chi connectivity index (χ3n) is 3.78. The first-order chi connectivity index (χ1) is 12.0. The Morgan fingerprint density at radius 2 is 1.92 bits per heavy atom. The Morgan fingerprint density at radius 3 is 2.52 bits per heavy atom. The predicted molar refractivity (Wildman–Crippen MR) is 96.3 cm³/mol. The van der Waals surface area contributed by atoms with Crippen LogP contribution < -0.4 is 9.46 Å². The summed E-state index contributed by atoms with van der Waals surface area (Å²) in [7, 11) is -2.11. The molecule has 3 aromatic rings. The fourth-order valence-electron chi connectivity index (χ4n) is 2.52. The summed E-state index contributed by atoms with van der Waals surface area (Å²) in [6.45, 7) is 2.38. The quantitative estimate of drug-likeness (QED) is 0.736. The number of nitrogens with one attached hydrogen (secondary N) is 1. The minimum absolute atomic E-state index is 0.230. The third kappa shape index (κ3) is 4.00. The lowest BCUT2D eigenvalue weighted by Crippen LogP contribution is -2.14. The fraction of sp³-hybridized carbons (Fsp3) is 0.167. The number of nitrogens with zero attached hydrogens (tertiary/aromatic N) is 2. The van der Waals surface area contributed by atoms with Crippen molar-refractivity contribution in [2.45, 2.75) is 18.4 Å². The Kier molecular flexibility index (Phi) is 4.76. The van der Waals surface area contributed by atoms with Crippen molar-refractivity contribution in [3.63, 3.8) is 0 Å². The van der Waals surface area contributed by atoms with Gasteiger partial charge < -0.3 is 4.74 Å². The van der Waals surface area contributed by atoms with Crippen LogP contribution in [-0.2, 0) is 16.6 Å². The SMILES string of the molecule is COc1ccc(S(=O)(=O)Nc2ccc(Cn3cccn3)cc2)c(C)c1. The molecule has 0 saturated heterocycles. The highest BCUT2D eigenvalue weighted by atomic mass is 32.2. The third-order valence-corrected chi connectivity index (χ3v) is 5.32. The molecule has 130 valence electrons. The smallest absolute Gasteiger partial charge is 0.262 e. The molecule has 0 aliphatic rings. The summed E-state index contributed by atoms with van der Waals surface area (Å²) in [6, 6.07) is 14.0. The Hall–Kier alpha value is -2.80. The van der Waals surface area contributed by atoms with Crippen LogP contribution in [0.4, 0.5) is 5.69 Å². The molecule has 1 heterocycles. The van der Waals surface area contributed by atoms with E-state index in [0.717, 1.165) is 5.56 Å². The lowest BCUT2D eigenvalue weighted by Gasteiger charge is -2.12. The van der Waals surface area contributed by atoms with Gasteiger partial charge in [0.2, 0.25) is 0 Å². The summed E-state index contributed by atoms with van der Waals surface area (Å²) in [5.41, 5.74) is 2.17. The Labute approximate surface area is 147 Å². The molecular formula is C18H19N3O3S. The molecule has 0 bridgehead atoms. The topological polar surface area (TPSA) is 73.2 Å². The molecule has 6 nitrogen and oxygen atoms in total. The minimum atomic E-state index is -3.65. The Balaban J connectivity index is 1.76. The largest absolute Gasteiger partial charge is 0.497 e. The lowest BCUT2D eigenvalue weighted by molar-refractivity contribution is 0.414. The van der Waals surface area contributed by atoms with E-state index < -0.39 is 10.0 Å². The maximum absolute atomic E-state index is 12.6. The van der Waals surface area contributed by atoms with Crippen molar-refractivity contribution < 1.29 is 13.2 Å². The van der Waals surface area contributed by atoms with E-state index in [9.17, 15) is 8.42 Å². The normalized spacial score (nSPS) is 11.3. The van der Waals surface area contributed by atoms with Crippen LogP contribution in [0.5, 0.6) is 5.75 Å². The van der Waals surface area contributed by atoms with Crippen molar-refractivity contribution in [3.8, 4) is 5.75 Å². The van der Waals surface area contributed by atoms with E-state index in [-0.39, 0.29) is 4.90 Å². The lowest BCUT2D eigenvalue weighted by atomic mass is 10.2. The zero-order chi connectivity index (χ0) is 17.9.